The molecule has 1 unspecified atom stereocenters. The first-order chi connectivity index (χ1) is 12.5. The van der Waals surface area contributed by atoms with Crippen molar-refractivity contribution in [1.82, 2.24) is 0 Å². The fourth-order valence-electron chi connectivity index (χ4n) is 2.92. The average Bonchev–Trinajstić information content (AvgIpc) is 2.93. The van der Waals surface area contributed by atoms with E-state index in [1.54, 1.807) is 0 Å². The third kappa shape index (κ3) is 3.81. The van der Waals surface area contributed by atoms with E-state index < -0.39 is 24.2 Å². The molecule has 0 saturated carbocycles. The van der Waals surface area contributed by atoms with Crippen LogP contribution in [0.3, 0.4) is 0 Å². The van der Waals surface area contributed by atoms with Crippen LogP contribution in [0.2, 0.25) is 10.0 Å². The molecule has 1 N–H and O–H groups in total. The predicted octanol–water partition coefficient (Wildman–Crippen LogP) is 6.21. The maximum absolute atomic E-state index is 14.1. The van der Waals surface area contributed by atoms with Crippen LogP contribution in [0.1, 0.15) is 16.7 Å². The van der Waals surface area contributed by atoms with Gasteiger partial charge in [-0.1, -0.05) is 29.3 Å². The van der Waals surface area contributed by atoms with Gasteiger partial charge in [0.25, 0.3) is 0 Å². The number of hydrogen-bond donors (Lipinski definition) is 1. The summed E-state index contributed by atoms with van der Waals surface area (Å²) in [6.07, 6.45) is -4.33. The molecule has 0 amide bonds. The van der Waals surface area contributed by atoms with Crippen LogP contribution in [0, 0.1) is 0 Å². The summed E-state index contributed by atoms with van der Waals surface area (Å²) >= 11 is 14.9. The van der Waals surface area contributed by atoms with Gasteiger partial charge >= 0.3 is 12.1 Å². The molecule has 27 heavy (non-hydrogen) atoms. The minimum Gasteiger partial charge on any atom is -0.478 e. The van der Waals surface area contributed by atoms with Crippen LogP contribution < -0.4 is 4.74 Å². The number of alkyl halides is 3. The van der Waals surface area contributed by atoms with Gasteiger partial charge in [0.1, 0.15) is 5.75 Å². The fraction of sp³-hybridized carbons (Fsp3) is 0.167. The summed E-state index contributed by atoms with van der Waals surface area (Å²) in [6, 6.07) is 7.99. The average molecular weight is 482 g/mol. The van der Waals surface area contributed by atoms with E-state index in [4.69, 9.17) is 33.0 Å². The molecule has 1 aliphatic rings. The summed E-state index contributed by atoms with van der Waals surface area (Å²) in [6.45, 7) is 0. The lowest BCUT2D eigenvalue weighted by Crippen LogP contribution is -2.46. The molecule has 3 rings (SSSR count). The fourth-order valence-corrected chi connectivity index (χ4v) is 3.89. The maximum atomic E-state index is 14.1. The van der Waals surface area contributed by atoms with Crippen LogP contribution in [0.25, 0.3) is 4.48 Å². The first kappa shape index (κ1) is 20.0. The van der Waals surface area contributed by atoms with Crippen molar-refractivity contribution in [2.75, 3.05) is 0 Å². The zero-order chi connectivity index (χ0) is 20.0. The van der Waals surface area contributed by atoms with Gasteiger partial charge in [-0.05, 0) is 57.4 Å². The molecule has 9 heteroatoms. The lowest BCUT2D eigenvalue weighted by atomic mass is 9.88. The highest BCUT2D eigenvalue weighted by Gasteiger charge is 2.61. The molecule has 0 aliphatic carbocycles. The van der Waals surface area contributed by atoms with E-state index in [1.165, 1.54) is 36.4 Å². The summed E-state index contributed by atoms with van der Waals surface area (Å²) in [5, 5.41) is 8.95. The Balaban J connectivity index is 2.10. The molecule has 1 atom stereocenters. The number of halogens is 6. The van der Waals surface area contributed by atoms with Crippen molar-refractivity contribution < 1.29 is 27.8 Å². The van der Waals surface area contributed by atoms with E-state index in [0.29, 0.717) is 5.56 Å². The van der Waals surface area contributed by atoms with E-state index in [9.17, 15) is 18.0 Å². The number of ether oxygens (including phenoxy) is 1. The Morgan fingerprint density at radius 3 is 2.37 bits per heavy atom. The van der Waals surface area contributed by atoms with Gasteiger partial charge in [0, 0.05) is 32.6 Å². The summed E-state index contributed by atoms with van der Waals surface area (Å²) in [5.41, 5.74) is -2.13. The highest BCUT2D eigenvalue weighted by atomic mass is 79.9. The molecule has 1 heterocycles. The minimum absolute atomic E-state index is 0.0581. The van der Waals surface area contributed by atoms with Crippen molar-refractivity contribution in [2.24, 2.45) is 0 Å². The Kier molecular flexibility index (Phi) is 5.22. The second kappa shape index (κ2) is 7.04. The van der Waals surface area contributed by atoms with Gasteiger partial charge < -0.3 is 9.84 Å². The standard InChI is InChI=1S/C18H10BrCl2F3O3/c19-14(7-16(25)26)9-1-2-15-10(3-9)8-17(27-15,18(22,23)24)11-4-12(20)6-13(21)5-11/h1-7H,8H2,(H,25,26). The SMILES string of the molecule is O=C(O)C=C(Br)c1ccc2c(c1)CC(c1cc(Cl)cc(Cl)c1)(C(F)(F)F)O2. The number of aliphatic carboxylic acids is 1. The van der Waals surface area contributed by atoms with Crippen molar-refractivity contribution in [3.8, 4) is 5.75 Å². The first-order valence-electron chi connectivity index (χ1n) is 7.47. The molecule has 1 aliphatic heterocycles. The van der Waals surface area contributed by atoms with Crippen LogP contribution in [-0.4, -0.2) is 17.3 Å². The smallest absolute Gasteiger partial charge is 0.432 e. The molecule has 0 fully saturated rings. The molecule has 0 bridgehead atoms. The lowest BCUT2D eigenvalue weighted by molar-refractivity contribution is -0.248. The van der Waals surface area contributed by atoms with Crippen molar-refractivity contribution >= 4 is 49.6 Å². The van der Waals surface area contributed by atoms with E-state index in [0.717, 1.165) is 6.08 Å². The number of benzene rings is 2. The Morgan fingerprint density at radius 2 is 1.81 bits per heavy atom. The van der Waals surface area contributed by atoms with Gasteiger partial charge in [0.05, 0.1) is 0 Å². The van der Waals surface area contributed by atoms with Gasteiger partial charge in [0.15, 0.2) is 0 Å². The Labute approximate surface area is 170 Å². The molecule has 2 aromatic rings. The van der Waals surface area contributed by atoms with Gasteiger partial charge in [-0.2, -0.15) is 13.2 Å². The third-order valence-electron chi connectivity index (χ3n) is 4.10. The first-order valence-corrected chi connectivity index (χ1v) is 9.02. The Bertz CT molecular complexity index is 939. The molecule has 3 nitrogen and oxygen atoms in total. The Hall–Kier alpha value is -1.70. The van der Waals surface area contributed by atoms with Crippen molar-refractivity contribution in [1.29, 1.82) is 0 Å². The molecular weight excluding hydrogens is 472 g/mol. The second-order valence-corrected chi connectivity index (χ2v) is 7.64. The predicted molar refractivity (Wildman–Crippen MR) is 99.5 cm³/mol. The minimum atomic E-state index is -4.74. The largest absolute Gasteiger partial charge is 0.478 e. The monoisotopic (exact) mass is 480 g/mol. The summed E-state index contributed by atoms with van der Waals surface area (Å²) in [5.74, 6) is -1.13. The Morgan fingerprint density at radius 1 is 1.19 bits per heavy atom. The van der Waals surface area contributed by atoms with E-state index in [-0.39, 0.29) is 31.4 Å². The van der Waals surface area contributed by atoms with Crippen LogP contribution in [0.4, 0.5) is 13.2 Å². The van der Waals surface area contributed by atoms with Gasteiger partial charge in [-0.3, -0.25) is 0 Å². The zero-order valence-corrected chi connectivity index (χ0v) is 16.4. The lowest BCUT2D eigenvalue weighted by Gasteiger charge is -2.31. The van der Waals surface area contributed by atoms with Gasteiger partial charge in [-0.15, -0.1) is 0 Å². The van der Waals surface area contributed by atoms with E-state index in [1.807, 2.05) is 0 Å². The van der Waals surface area contributed by atoms with Gasteiger partial charge in [0.2, 0.25) is 5.60 Å². The highest BCUT2D eigenvalue weighted by molar-refractivity contribution is 9.15. The second-order valence-electron chi connectivity index (χ2n) is 5.91. The van der Waals surface area contributed by atoms with Gasteiger partial charge in [-0.25, -0.2) is 4.79 Å². The molecule has 0 spiro atoms. The maximum Gasteiger partial charge on any atom is 0.432 e. The van der Waals surface area contributed by atoms with Crippen LogP contribution in [0.15, 0.2) is 42.5 Å². The number of fused-ring (bicyclic) bond motifs is 1. The number of hydrogen-bond acceptors (Lipinski definition) is 2. The van der Waals surface area contributed by atoms with E-state index >= 15 is 0 Å². The van der Waals surface area contributed by atoms with Crippen molar-refractivity contribution in [3.05, 3.63) is 69.2 Å². The number of carboxylic acid groups (broad SMARTS) is 1. The van der Waals surface area contributed by atoms with Crippen molar-refractivity contribution in [2.45, 2.75) is 18.2 Å². The van der Waals surface area contributed by atoms with Crippen LogP contribution in [-0.2, 0) is 16.8 Å². The number of rotatable bonds is 3. The molecule has 2 aromatic carbocycles. The number of carboxylic acids is 1. The van der Waals surface area contributed by atoms with Crippen molar-refractivity contribution in [3.63, 3.8) is 0 Å². The molecule has 0 aromatic heterocycles. The van der Waals surface area contributed by atoms with Crippen LogP contribution >= 0.6 is 39.1 Å². The molecule has 0 radical (unpaired) electrons. The summed E-state index contributed by atoms with van der Waals surface area (Å²) in [7, 11) is 0. The summed E-state index contributed by atoms with van der Waals surface area (Å²) < 4.78 is 47.8. The molecule has 142 valence electrons. The molecular formula is C18H10BrCl2F3O3. The van der Waals surface area contributed by atoms with E-state index in [2.05, 4.69) is 15.9 Å². The zero-order valence-electron chi connectivity index (χ0n) is 13.3. The molecule has 0 saturated heterocycles. The third-order valence-corrected chi connectivity index (χ3v) is 5.22. The summed E-state index contributed by atoms with van der Waals surface area (Å²) in [4.78, 5) is 10.8. The van der Waals surface area contributed by atoms with Crippen LogP contribution in [0.5, 0.6) is 5.75 Å². The quantitative estimate of drug-likeness (QED) is 0.530. The topological polar surface area (TPSA) is 46.5 Å². The number of carbonyl (C=O) groups is 1. The normalized spacial score (nSPS) is 19.6. The highest BCUT2D eigenvalue weighted by Crippen LogP contribution is 2.52.